The Labute approximate surface area is 217 Å². The molecule has 186 valence electrons. The predicted octanol–water partition coefficient (Wildman–Crippen LogP) is 4.36. The van der Waals surface area contributed by atoms with E-state index in [2.05, 4.69) is 15.6 Å². The van der Waals surface area contributed by atoms with Crippen LogP contribution in [0.25, 0.3) is 16.8 Å². The maximum atomic E-state index is 13.7. The van der Waals surface area contributed by atoms with Crippen LogP contribution in [0.2, 0.25) is 5.02 Å². The van der Waals surface area contributed by atoms with Gasteiger partial charge in [-0.2, -0.15) is 0 Å². The largest absolute Gasteiger partial charge is 0.489 e. The Kier molecular flexibility index (Phi) is 6.74. The molecule has 1 aliphatic heterocycles. The summed E-state index contributed by atoms with van der Waals surface area (Å²) in [5.74, 6) is -0.625. The summed E-state index contributed by atoms with van der Waals surface area (Å²) in [6.45, 7) is 2.46. The van der Waals surface area contributed by atoms with E-state index in [1.165, 1.54) is 4.57 Å². The zero-order chi connectivity index (χ0) is 25.9. The van der Waals surface area contributed by atoms with Gasteiger partial charge in [0.05, 0.1) is 17.8 Å². The molecule has 0 bridgehead atoms. The van der Waals surface area contributed by atoms with Crippen LogP contribution in [0.5, 0.6) is 5.75 Å². The first kappa shape index (κ1) is 24.3. The normalized spacial score (nSPS) is 15.1. The predicted molar refractivity (Wildman–Crippen MR) is 140 cm³/mol. The maximum Gasteiger partial charge on any atom is 0.321 e. The highest BCUT2D eigenvalue weighted by molar-refractivity contribution is 6.31. The van der Waals surface area contributed by atoms with Crippen molar-refractivity contribution in [2.75, 3.05) is 6.54 Å². The number of hydrogen-bond donors (Lipinski definition) is 2. The monoisotopic (exact) mass is 514 g/mol. The number of benzene rings is 2. The average molecular weight is 515 g/mol. The summed E-state index contributed by atoms with van der Waals surface area (Å²) in [7, 11) is 0. The van der Waals surface area contributed by atoms with Gasteiger partial charge >= 0.3 is 6.03 Å². The van der Waals surface area contributed by atoms with Crippen LogP contribution in [-0.2, 0) is 11.4 Å². The Morgan fingerprint density at radius 1 is 1.08 bits per heavy atom. The van der Waals surface area contributed by atoms with Crippen molar-refractivity contribution in [1.29, 1.82) is 0 Å². The summed E-state index contributed by atoms with van der Waals surface area (Å²) in [5, 5.41) is 5.32. The molecule has 1 saturated heterocycles. The van der Waals surface area contributed by atoms with Gasteiger partial charge in [-0.05, 0) is 60.0 Å². The van der Waals surface area contributed by atoms with Crippen LogP contribution in [0.3, 0.4) is 0 Å². The van der Waals surface area contributed by atoms with Gasteiger partial charge in [0.1, 0.15) is 12.4 Å². The quantitative estimate of drug-likeness (QED) is 0.398. The first-order valence-corrected chi connectivity index (χ1v) is 12.0. The Morgan fingerprint density at radius 2 is 1.95 bits per heavy atom. The molecule has 2 aromatic carbocycles. The number of urea groups is 1. The third-order valence-electron chi connectivity index (χ3n) is 6.06. The second-order valence-corrected chi connectivity index (χ2v) is 9.22. The highest BCUT2D eigenvalue weighted by Crippen LogP contribution is 2.30. The minimum atomic E-state index is -0.684. The van der Waals surface area contributed by atoms with Crippen LogP contribution in [0, 0.1) is 6.92 Å². The number of carbonyl (C=O) groups excluding carboxylic acids is 2. The van der Waals surface area contributed by atoms with Crippen molar-refractivity contribution in [3.05, 3.63) is 111 Å². The van der Waals surface area contributed by atoms with Gasteiger partial charge in [-0.1, -0.05) is 41.4 Å². The molecule has 0 radical (unpaired) electrons. The number of rotatable bonds is 6. The Balaban J connectivity index is 1.58. The lowest BCUT2D eigenvalue weighted by Crippen LogP contribution is -2.51. The molecule has 9 heteroatoms. The number of pyridine rings is 2. The second-order valence-electron chi connectivity index (χ2n) is 8.78. The summed E-state index contributed by atoms with van der Waals surface area (Å²) in [6.07, 6.45) is 4.77. The number of aryl methyl sites for hydroxylation is 1. The standard InChI is InChI=1S/C28H23ClN4O4/c1-17-4-2-5-18(8-17)16-37-23-10-19(9-21(29)12-23)24-11-20(25-14-31-28(36)32-26(25)34)15-33(27(24)35)22-6-3-7-30-13-22/h2-13,15,25H,14,16H2,1H3,(H2,31,32,34,36). The lowest BCUT2D eigenvalue weighted by Gasteiger charge is -2.23. The first-order chi connectivity index (χ1) is 17.9. The topological polar surface area (TPSA) is 102 Å². The summed E-state index contributed by atoms with van der Waals surface area (Å²) >= 11 is 6.43. The molecule has 2 N–H and O–H groups in total. The summed E-state index contributed by atoms with van der Waals surface area (Å²) in [6, 6.07) is 17.7. The van der Waals surface area contributed by atoms with Crippen molar-refractivity contribution in [2.45, 2.75) is 19.4 Å². The van der Waals surface area contributed by atoms with Gasteiger partial charge in [-0.15, -0.1) is 0 Å². The summed E-state index contributed by atoms with van der Waals surface area (Å²) < 4.78 is 7.45. The lowest BCUT2D eigenvalue weighted by atomic mass is 9.95. The molecule has 2 aromatic heterocycles. The van der Waals surface area contributed by atoms with Crippen LogP contribution in [0.15, 0.2) is 84.0 Å². The molecule has 4 aromatic rings. The smallest absolute Gasteiger partial charge is 0.321 e. The van der Waals surface area contributed by atoms with Gasteiger partial charge < -0.3 is 10.1 Å². The van der Waals surface area contributed by atoms with Gasteiger partial charge in [-0.3, -0.25) is 24.5 Å². The van der Waals surface area contributed by atoms with E-state index in [4.69, 9.17) is 16.3 Å². The number of hydrogen-bond acceptors (Lipinski definition) is 5. The van der Waals surface area contributed by atoms with Gasteiger partial charge in [-0.25, -0.2) is 4.79 Å². The Morgan fingerprint density at radius 3 is 2.70 bits per heavy atom. The van der Waals surface area contributed by atoms with E-state index >= 15 is 0 Å². The number of nitrogens with one attached hydrogen (secondary N) is 2. The molecule has 0 aliphatic carbocycles. The molecule has 1 aliphatic rings. The number of ether oxygens (including phenoxy) is 1. The van der Waals surface area contributed by atoms with E-state index in [1.807, 2.05) is 31.2 Å². The highest BCUT2D eigenvalue weighted by atomic mass is 35.5. The van der Waals surface area contributed by atoms with Gasteiger partial charge in [0, 0.05) is 29.5 Å². The van der Waals surface area contributed by atoms with Crippen molar-refractivity contribution in [3.63, 3.8) is 0 Å². The minimum Gasteiger partial charge on any atom is -0.489 e. The van der Waals surface area contributed by atoms with E-state index in [0.717, 1.165) is 11.1 Å². The Bertz CT molecular complexity index is 1550. The molecule has 8 nitrogen and oxygen atoms in total. The number of aromatic nitrogens is 2. The van der Waals surface area contributed by atoms with Crippen molar-refractivity contribution < 1.29 is 14.3 Å². The molecular weight excluding hydrogens is 492 g/mol. The number of nitrogens with zero attached hydrogens (tertiary/aromatic N) is 2. The summed E-state index contributed by atoms with van der Waals surface area (Å²) in [5.41, 5.74) is 3.78. The molecule has 3 heterocycles. The SMILES string of the molecule is Cc1cccc(COc2cc(Cl)cc(-c3cc(C4CNC(=O)NC4=O)cn(-c4cccnc4)c3=O)c2)c1. The van der Waals surface area contributed by atoms with Crippen LogP contribution in [-0.4, -0.2) is 28.0 Å². The second kappa shape index (κ2) is 10.3. The van der Waals surface area contributed by atoms with Crippen molar-refractivity contribution >= 4 is 23.5 Å². The lowest BCUT2D eigenvalue weighted by molar-refractivity contribution is -0.122. The number of imide groups is 1. The van der Waals surface area contributed by atoms with Crippen LogP contribution >= 0.6 is 11.6 Å². The van der Waals surface area contributed by atoms with E-state index in [1.54, 1.807) is 55.0 Å². The van der Waals surface area contributed by atoms with Crippen LogP contribution < -0.4 is 20.9 Å². The molecular formula is C28H23ClN4O4. The van der Waals surface area contributed by atoms with Gasteiger partial charge in [0.2, 0.25) is 5.91 Å². The maximum absolute atomic E-state index is 13.7. The fourth-order valence-corrected chi connectivity index (χ4v) is 4.48. The zero-order valence-corrected chi connectivity index (χ0v) is 20.7. The van der Waals surface area contributed by atoms with Gasteiger partial charge in [0.25, 0.3) is 5.56 Å². The molecule has 0 saturated carbocycles. The molecule has 1 fully saturated rings. The summed E-state index contributed by atoms with van der Waals surface area (Å²) in [4.78, 5) is 42.0. The molecule has 3 amide bonds. The third kappa shape index (κ3) is 5.39. The first-order valence-electron chi connectivity index (χ1n) is 11.6. The molecule has 5 rings (SSSR count). The number of amides is 3. The number of halogens is 1. The van der Waals surface area contributed by atoms with E-state index < -0.39 is 17.9 Å². The van der Waals surface area contributed by atoms with E-state index in [0.29, 0.717) is 39.8 Å². The molecule has 0 spiro atoms. The van der Waals surface area contributed by atoms with Crippen molar-refractivity contribution in [3.8, 4) is 22.6 Å². The minimum absolute atomic E-state index is 0.107. The molecule has 37 heavy (non-hydrogen) atoms. The van der Waals surface area contributed by atoms with Crippen molar-refractivity contribution in [2.24, 2.45) is 0 Å². The number of carbonyl (C=O) groups is 2. The van der Waals surface area contributed by atoms with Crippen molar-refractivity contribution in [1.82, 2.24) is 20.2 Å². The van der Waals surface area contributed by atoms with Crippen LogP contribution in [0.4, 0.5) is 4.79 Å². The Hall–Kier alpha value is -4.43. The molecule has 1 unspecified atom stereocenters. The van der Waals surface area contributed by atoms with Crippen LogP contribution in [0.1, 0.15) is 22.6 Å². The van der Waals surface area contributed by atoms with E-state index in [-0.39, 0.29) is 12.1 Å². The third-order valence-corrected chi connectivity index (χ3v) is 6.27. The molecule has 1 atom stereocenters. The fraction of sp³-hybridized carbons (Fsp3) is 0.143. The fourth-order valence-electron chi connectivity index (χ4n) is 4.26. The highest BCUT2D eigenvalue weighted by Gasteiger charge is 2.29. The van der Waals surface area contributed by atoms with E-state index in [9.17, 15) is 14.4 Å². The zero-order valence-electron chi connectivity index (χ0n) is 19.9. The van der Waals surface area contributed by atoms with Gasteiger partial charge in [0.15, 0.2) is 0 Å². The average Bonchev–Trinajstić information content (AvgIpc) is 2.88.